The SMILES string of the molecule is O=C(Nc1ccccc1)c1cn2cc(I)ccc2n1. The van der Waals surface area contributed by atoms with E-state index in [4.69, 9.17) is 0 Å². The van der Waals surface area contributed by atoms with E-state index in [1.54, 1.807) is 6.20 Å². The quantitative estimate of drug-likeness (QED) is 0.711. The number of pyridine rings is 1. The average molecular weight is 363 g/mol. The van der Waals surface area contributed by atoms with Crippen molar-refractivity contribution in [3.63, 3.8) is 0 Å². The van der Waals surface area contributed by atoms with Crippen molar-refractivity contribution in [3.05, 3.63) is 64.1 Å². The smallest absolute Gasteiger partial charge is 0.275 e. The molecule has 2 heterocycles. The number of anilines is 1. The zero-order valence-electron chi connectivity index (χ0n) is 9.88. The van der Waals surface area contributed by atoms with Gasteiger partial charge in [0.2, 0.25) is 0 Å². The molecular weight excluding hydrogens is 353 g/mol. The number of hydrogen-bond donors (Lipinski definition) is 1. The Balaban J connectivity index is 1.89. The van der Waals surface area contributed by atoms with Gasteiger partial charge >= 0.3 is 0 Å². The van der Waals surface area contributed by atoms with Gasteiger partial charge in [0.05, 0.1) is 0 Å². The van der Waals surface area contributed by atoms with Gasteiger partial charge < -0.3 is 9.72 Å². The molecule has 0 aliphatic heterocycles. The van der Waals surface area contributed by atoms with Crippen molar-refractivity contribution in [2.45, 2.75) is 0 Å². The Kier molecular flexibility index (Phi) is 3.20. The molecule has 0 saturated heterocycles. The Bertz CT molecular complexity index is 737. The summed E-state index contributed by atoms with van der Waals surface area (Å²) in [4.78, 5) is 16.4. The maximum Gasteiger partial charge on any atom is 0.275 e. The van der Waals surface area contributed by atoms with Crippen LogP contribution < -0.4 is 5.32 Å². The Hall–Kier alpha value is -1.89. The van der Waals surface area contributed by atoms with Crippen LogP contribution in [-0.4, -0.2) is 15.3 Å². The molecule has 1 N–H and O–H groups in total. The highest BCUT2D eigenvalue weighted by Crippen LogP contribution is 2.12. The molecule has 0 spiro atoms. The Morgan fingerprint density at radius 2 is 1.89 bits per heavy atom. The summed E-state index contributed by atoms with van der Waals surface area (Å²) in [5, 5.41) is 2.82. The van der Waals surface area contributed by atoms with Crippen LogP contribution in [0.2, 0.25) is 0 Å². The minimum absolute atomic E-state index is 0.204. The lowest BCUT2D eigenvalue weighted by Gasteiger charge is -2.01. The minimum Gasteiger partial charge on any atom is -0.321 e. The van der Waals surface area contributed by atoms with E-state index in [9.17, 15) is 4.79 Å². The van der Waals surface area contributed by atoms with Crippen LogP contribution in [0.15, 0.2) is 54.9 Å². The van der Waals surface area contributed by atoms with Crippen LogP contribution in [0, 0.1) is 3.57 Å². The molecule has 0 bridgehead atoms. The van der Waals surface area contributed by atoms with E-state index in [2.05, 4.69) is 32.9 Å². The molecule has 0 aliphatic carbocycles. The third-order valence-corrected chi connectivity index (χ3v) is 3.32. The van der Waals surface area contributed by atoms with Crippen LogP contribution >= 0.6 is 22.6 Å². The van der Waals surface area contributed by atoms with Crippen molar-refractivity contribution in [1.82, 2.24) is 9.38 Å². The number of halogens is 1. The van der Waals surface area contributed by atoms with Crippen molar-refractivity contribution in [3.8, 4) is 0 Å². The van der Waals surface area contributed by atoms with Crippen LogP contribution in [0.1, 0.15) is 10.5 Å². The van der Waals surface area contributed by atoms with Gasteiger partial charge in [-0.15, -0.1) is 0 Å². The first kappa shape index (κ1) is 12.2. The van der Waals surface area contributed by atoms with Crippen LogP contribution in [-0.2, 0) is 0 Å². The fraction of sp³-hybridized carbons (Fsp3) is 0. The summed E-state index contributed by atoms with van der Waals surface area (Å²) in [6.45, 7) is 0. The second-order valence-electron chi connectivity index (χ2n) is 4.06. The number of aromatic nitrogens is 2. The van der Waals surface area contributed by atoms with Gasteiger partial charge in [0.15, 0.2) is 0 Å². The Morgan fingerprint density at radius 3 is 2.68 bits per heavy atom. The molecule has 1 amide bonds. The molecule has 0 aliphatic rings. The van der Waals surface area contributed by atoms with Crippen molar-refractivity contribution >= 4 is 39.8 Å². The van der Waals surface area contributed by atoms with Gasteiger partial charge in [-0.2, -0.15) is 0 Å². The Labute approximate surface area is 123 Å². The monoisotopic (exact) mass is 363 g/mol. The number of rotatable bonds is 2. The van der Waals surface area contributed by atoms with E-state index in [0.717, 1.165) is 14.9 Å². The van der Waals surface area contributed by atoms with Gasteiger partial charge in [-0.25, -0.2) is 4.98 Å². The van der Waals surface area contributed by atoms with Gasteiger partial charge in [0.1, 0.15) is 11.3 Å². The molecular formula is C14H10IN3O. The molecule has 94 valence electrons. The maximum absolute atomic E-state index is 12.1. The van der Waals surface area contributed by atoms with Crippen molar-refractivity contribution in [1.29, 1.82) is 0 Å². The lowest BCUT2D eigenvalue weighted by atomic mass is 10.3. The van der Waals surface area contributed by atoms with E-state index >= 15 is 0 Å². The van der Waals surface area contributed by atoms with E-state index in [-0.39, 0.29) is 5.91 Å². The summed E-state index contributed by atoms with van der Waals surface area (Å²) in [5.74, 6) is -0.204. The van der Waals surface area contributed by atoms with Crippen molar-refractivity contribution < 1.29 is 4.79 Å². The summed E-state index contributed by atoms with van der Waals surface area (Å²) < 4.78 is 2.94. The summed E-state index contributed by atoms with van der Waals surface area (Å²) in [5.41, 5.74) is 1.93. The van der Waals surface area contributed by atoms with E-state index in [1.165, 1.54) is 0 Å². The van der Waals surface area contributed by atoms with Crippen LogP contribution in [0.5, 0.6) is 0 Å². The van der Waals surface area contributed by atoms with Gasteiger partial charge in [0, 0.05) is 21.7 Å². The van der Waals surface area contributed by atoms with E-state index in [1.807, 2.05) is 53.1 Å². The molecule has 19 heavy (non-hydrogen) atoms. The molecule has 3 aromatic rings. The first-order chi connectivity index (χ1) is 9.22. The highest BCUT2D eigenvalue weighted by atomic mass is 127. The third kappa shape index (κ3) is 2.60. The molecule has 2 aromatic heterocycles. The third-order valence-electron chi connectivity index (χ3n) is 2.68. The second-order valence-corrected chi connectivity index (χ2v) is 5.30. The number of amides is 1. The first-order valence-corrected chi connectivity index (χ1v) is 6.81. The fourth-order valence-corrected chi connectivity index (χ4v) is 2.27. The zero-order valence-corrected chi connectivity index (χ0v) is 12.0. The van der Waals surface area contributed by atoms with E-state index in [0.29, 0.717) is 5.69 Å². The van der Waals surface area contributed by atoms with Crippen LogP contribution in [0.3, 0.4) is 0 Å². The summed E-state index contributed by atoms with van der Waals surface area (Å²) in [7, 11) is 0. The number of benzene rings is 1. The average Bonchev–Trinajstić information content (AvgIpc) is 2.83. The molecule has 0 fully saturated rings. The van der Waals surface area contributed by atoms with Gasteiger partial charge in [-0.1, -0.05) is 18.2 Å². The zero-order chi connectivity index (χ0) is 13.2. The van der Waals surface area contributed by atoms with Gasteiger partial charge in [-0.3, -0.25) is 4.79 Å². The molecule has 4 nitrogen and oxygen atoms in total. The highest BCUT2D eigenvalue weighted by Gasteiger charge is 2.10. The molecule has 0 unspecified atom stereocenters. The molecule has 0 saturated carbocycles. The standard InChI is InChI=1S/C14H10IN3O/c15-10-6-7-13-17-12(9-18(13)8-10)14(19)16-11-4-2-1-3-5-11/h1-9H,(H,16,19). The number of carbonyl (C=O) groups excluding carboxylic acids is 1. The number of para-hydroxylation sites is 1. The van der Waals surface area contributed by atoms with E-state index < -0.39 is 0 Å². The molecule has 0 radical (unpaired) electrons. The van der Waals surface area contributed by atoms with Crippen LogP contribution in [0.4, 0.5) is 5.69 Å². The fourth-order valence-electron chi connectivity index (χ4n) is 1.79. The number of imidazole rings is 1. The summed E-state index contributed by atoms with van der Waals surface area (Å²) in [6.07, 6.45) is 3.66. The van der Waals surface area contributed by atoms with Crippen LogP contribution in [0.25, 0.3) is 5.65 Å². The second kappa shape index (κ2) is 5.00. The van der Waals surface area contributed by atoms with Crippen molar-refractivity contribution in [2.75, 3.05) is 5.32 Å². The van der Waals surface area contributed by atoms with Crippen molar-refractivity contribution in [2.24, 2.45) is 0 Å². The summed E-state index contributed by atoms with van der Waals surface area (Å²) in [6, 6.07) is 13.2. The largest absolute Gasteiger partial charge is 0.321 e. The number of carbonyl (C=O) groups is 1. The van der Waals surface area contributed by atoms with Gasteiger partial charge in [0.25, 0.3) is 5.91 Å². The number of hydrogen-bond acceptors (Lipinski definition) is 2. The summed E-state index contributed by atoms with van der Waals surface area (Å²) >= 11 is 2.22. The predicted molar refractivity (Wildman–Crippen MR) is 82.3 cm³/mol. The molecule has 1 aromatic carbocycles. The number of nitrogens with zero attached hydrogens (tertiary/aromatic N) is 2. The molecule has 5 heteroatoms. The predicted octanol–water partition coefficient (Wildman–Crippen LogP) is 3.19. The molecule has 3 rings (SSSR count). The topological polar surface area (TPSA) is 46.4 Å². The minimum atomic E-state index is -0.204. The molecule has 0 atom stereocenters. The first-order valence-electron chi connectivity index (χ1n) is 5.73. The number of fused-ring (bicyclic) bond motifs is 1. The lowest BCUT2D eigenvalue weighted by molar-refractivity contribution is 0.102. The lowest BCUT2D eigenvalue weighted by Crippen LogP contribution is -2.11. The Morgan fingerprint density at radius 1 is 1.11 bits per heavy atom. The van der Waals surface area contributed by atoms with Gasteiger partial charge in [-0.05, 0) is 46.9 Å². The highest BCUT2D eigenvalue weighted by molar-refractivity contribution is 14.1. The maximum atomic E-state index is 12.1. The normalized spacial score (nSPS) is 10.6. The number of nitrogens with one attached hydrogen (secondary N) is 1.